The van der Waals surface area contributed by atoms with Crippen LogP contribution < -0.4 is 20.1 Å². The number of carbonyl (C=O) groups excluding carboxylic acids is 1. The van der Waals surface area contributed by atoms with Crippen LogP contribution in [0.4, 0.5) is 0 Å². The third-order valence-corrected chi connectivity index (χ3v) is 5.49. The second kappa shape index (κ2) is 7.41. The number of thiazole rings is 1. The molecule has 4 rings (SSSR count). The highest BCUT2D eigenvalue weighted by Gasteiger charge is 2.17. The first-order chi connectivity index (χ1) is 12.3. The van der Waals surface area contributed by atoms with Crippen molar-refractivity contribution < 1.29 is 14.3 Å². The molecule has 1 aromatic heterocycles. The highest BCUT2D eigenvalue weighted by Crippen LogP contribution is 2.36. The van der Waals surface area contributed by atoms with Crippen LogP contribution in [-0.4, -0.2) is 37.3 Å². The molecule has 6 nitrogen and oxygen atoms in total. The lowest BCUT2D eigenvalue weighted by molar-refractivity contribution is -0.120. The van der Waals surface area contributed by atoms with Crippen LogP contribution in [0.15, 0.2) is 23.6 Å². The zero-order chi connectivity index (χ0) is 17.1. The monoisotopic (exact) mass is 359 g/mol. The Bertz CT molecular complexity index is 756. The molecule has 2 aliphatic rings. The molecule has 0 saturated carbocycles. The quantitative estimate of drug-likeness (QED) is 0.827. The van der Waals surface area contributed by atoms with E-state index in [0.29, 0.717) is 12.3 Å². The van der Waals surface area contributed by atoms with Gasteiger partial charge in [-0.1, -0.05) is 0 Å². The zero-order valence-electron chi connectivity index (χ0n) is 13.9. The number of nitrogens with zero attached hydrogens (tertiary/aromatic N) is 1. The Morgan fingerprint density at radius 3 is 3.16 bits per heavy atom. The van der Waals surface area contributed by atoms with E-state index in [1.165, 1.54) is 17.8 Å². The Labute approximate surface area is 150 Å². The van der Waals surface area contributed by atoms with Crippen LogP contribution in [0.5, 0.6) is 11.5 Å². The zero-order valence-corrected chi connectivity index (χ0v) is 14.7. The van der Waals surface area contributed by atoms with Gasteiger partial charge in [0.15, 0.2) is 11.5 Å². The third-order valence-electron chi connectivity index (χ3n) is 4.55. The van der Waals surface area contributed by atoms with Gasteiger partial charge in [0.1, 0.15) is 5.01 Å². The summed E-state index contributed by atoms with van der Waals surface area (Å²) in [4.78, 5) is 16.7. The SMILES string of the molecule is O=C(Cc1csc(-c2ccc3c(c2)OCO3)n1)NCCC1CCNC1. The highest BCUT2D eigenvalue weighted by molar-refractivity contribution is 7.13. The van der Waals surface area contributed by atoms with E-state index in [-0.39, 0.29) is 12.7 Å². The summed E-state index contributed by atoms with van der Waals surface area (Å²) in [6.45, 7) is 3.17. The number of amides is 1. The van der Waals surface area contributed by atoms with E-state index in [0.717, 1.165) is 53.8 Å². The minimum atomic E-state index is 0.0356. The van der Waals surface area contributed by atoms with Gasteiger partial charge in [0, 0.05) is 17.5 Å². The summed E-state index contributed by atoms with van der Waals surface area (Å²) in [7, 11) is 0. The van der Waals surface area contributed by atoms with E-state index in [2.05, 4.69) is 15.6 Å². The molecule has 0 aliphatic carbocycles. The Morgan fingerprint density at radius 1 is 1.36 bits per heavy atom. The first-order valence-corrected chi connectivity index (χ1v) is 9.48. The van der Waals surface area contributed by atoms with Crippen LogP contribution in [0.25, 0.3) is 10.6 Å². The predicted octanol–water partition coefficient (Wildman–Crippen LogP) is 2.20. The summed E-state index contributed by atoms with van der Waals surface area (Å²) < 4.78 is 10.7. The van der Waals surface area contributed by atoms with Gasteiger partial charge in [-0.3, -0.25) is 4.79 Å². The normalized spacial score (nSPS) is 18.5. The van der Waals surface area contributed by atoms with E-state index in [1.807, 2.05) is 23.6 Å². The summed E-state index contributed by atoms with van der Waals surface area (Å²) in [5, 5.41) is 9.18. The second-order valence-corrected chi connectivity index (χ2v) is 7.24. The summed E-state index contributed by atoms with van der Waals surface area (Å²) in [5.41, 5.74) is 1.78. The molecule has 3 heterocycles. The molecule has 1 unspecified atom stereocenters. The van der Waals surface area contributed by atoms with Gasteiger partial charge in [0.2, 0.25) is 12.7 Å². The molecule has 7 heteroatoms. The number of nitrogens with one attached hydrogen (secondary N) is 2. The third kappa shape index (κ3) is 3.93. The van der Waals surface area contributed by atoms with E-state index >= 15 is 0 Å². The molecule has 2 N–H and O–H groups in total. The molecular weight excluding hydrogens is 338 g/mol. The maximum Gasteiger partial charge on any atom is 0.231 e. The maximum absolute atomic E-state index is 12.1. The molecule has 2 aliphatic heterocycles. The number of carbonyl (C=O) groups is 1. The van der Waals surface area contributed by atoms with Gasteiger partial charge in [0.25, 0.3) is 0 Å². The van der Waals surface area contributed by atoms with Crippen LogP contribution in [0.1, 0.15) is 18.5 Å². The standard InChI is InChI=1S/C18H21N3O3S/c22-17(20-6-4-12-3-5-19-9-12)8-14-10-25-18(21-14)13-1-2-15-16(7-13)24-11-23-15/h1-2,7,10,12,19H,3-6,8-9,11H2,(H,20,22). The second-order valence-electron chi connectivity index (χ2n) is 6.39. The van der Waals surface area contributed by atoms with Crippen LogP contribution in [0.2, 0.25) is 0 Å². The van der Waals surface area contributed by atoms with Crippen molar-refractivity contribution in [1.29, 1.82) is 0 Å². The van der Waals surface area contributed by atoms with Crippen molar-refractivity contribution >= 4 is 17.2 Å². The lowest BCUT2D eigenvalue weighted by Crippen LogP contribution is -2.27. The van der Waals surface area contributed by atoms with Gasteiger partial charge >= 0.3 is 0 Å². The molecule has 1 saturated heterocycles. The fourth-order valence-corrected chi connectivity index (χ4v) is 3.97. The largest absolute Gasteiger partial charge is 0.454 e. The summed E-state index contributed by atoms with van der Waals surface area (Å²) in [5.74, 6) is 2.23. The van der Waals surface area contributed by atoms with Crippen molar-refractivity contribution in [3.05, 3.63) is 29.3 Å². The highest BCUT2D eigenvalue weighted by atomic mass is 32.1. The molecule has 25 heavy (non-hydrogen) atoms. The fourth-order valence-electron chi connectivity index (χ4n) is 3.15. The topological polar surface area (TPSA) is 72.5 Å². The van der Waals surface area contributed by atoms with Crippen LogP contribution in [0, 0.1) is 5.92 Å². The van der Waals surface area contributed by atoms with Crippen molar-refractivity contribution in [1.82, 2.24) is 15.6 Å². The minimum Gasteiger partial charge on any atom is -0.454 e. The molecule has 0 bridgehead atoms. The van der Waals surface area contributed by atoms with Crippen molar-refractivity contribution in [2.45, 2.75) is 19.3 Å². The van der Waals surface area contributed by atoms with E-state index in [4.69, 9.17) is 9.47 Å². The Hall–Kier alpha value is -2.12. The number of aromatic nitrogens is 1. The minimum absolute atomic E-state index is 0.0356. The first-order valence-electron chi connectivity index (χ1n) is 8.60. The van der Waals surface area contributed by atoms with Crippen LogP contribution in [0.3, 0.4) is 0 Å². The molecule has 0 spiro atoms. The maximum atomic E-state index is 12.1. The Balaban J connectivity index is 1.31. The van der Waals surface area contributed by atoms with Gasteiger partial charge in [-0.05, 0) is 50.0 Å². The fraction of sp³-hybridized carbons (Fsp3) is 0.444. The Kier molecular flexibility index (Phi) is 4.85. The van der Waals surface area contributed by atoms with Crippen LogP contribution >= 0.6 is 11.3 Å². The number of rotatable bonds is 6. The molecule has 1 atom stereocenters. The molecule has 2 aromatic rings. The summed E-state index contributed by atoms with van der Waals surface area (Å²) in [6, 6.07) is 5.79. The number of hydrogen-bond acceptors (Lipinski definition) is 6. The van der Waals surface area contributed by atoms with E-state index in [9.17, 15) is 4.79 Å². The van der Waals surface area contributed by atoms with Gasteiger partial charge in [0.05, 0.1) is 12.1 Å². The van der Waals surface area contributed by atoms with Crippen molar-refractivity contribution in [2.75, 3.05) is 26.4 Å². The van der Waals surface area contributed by atoms with Gasteiger partial charge < -0.3 is 20.1 Å². The van der Waals surface area contributed by atoms with E-state index in [1.54, 1.807) is 0 Å². The van der Waals surface area contributed by atoms with Gasteiger partial charge in [-0.15, -0.1) is 11.3 Å². The number of hydrogen-bond donors (Lipinski definition) is 2. The van der Waals surface area contributed by atoms with Crippen molar-refractivity contribution in [3.63, 3.8) is 0 Å². The molecular formula is C18H21N3O3S. The van der Waals surface area contributed by atoms with E-state index < -0.39 is 0 Å². The number of fused-ring (bicyclic) bond motifs is 1. The van der Waals surface area contributed by atoms with Crippen molar-refractivity contribution in [3.8, 4) is 22.1 Å². The Morgan fingerprint density at radius 2 is 2.28 bits per heavy atom. The first kappa shape index (κ1) is 16.4. The van der Waals surface area contributed by atoms with Crippen LogP contribution in [-0.2, 0) is 11.2 Å². The number of ether oxygens (including phenoxy) is 2. The van der Waals surface area contributed by atoms with Gasteiger partial charge in [-0.2, -0.15) is 0 Å². The molecule has 132 valence electrons. The average molecular weight is 359 g/mol. The summed E-state index contributed by atoms with van der Waals surface area (Å²) in [6.07, 6.45) is 2.57. The average Bonchev–Trinajstić information content (AvgIpc) is 3.35. The lowest BCUT2D eigenvalue weighted by Gasteiger charge is -2.08. The number of benzene rings is 1. The molecule has 1 aromatic carbocycles. The molecule has 1 amide bonds. The smallest absolute Gasteiger partial charge is 0.231 e. The predicted molar refractivity (Wildman–Crippen MR) is 96.0 cm³/mol. The summed E-state index contributed by atoms with van der Waals surface area (Å²) >= 11 is 1.54. The molecule has 0 radical (unpaired) electrons. The lowest BCUT2D eigenvalue weighted by atomic mass is 10.1. The molecule has 1 fully saturated rings. The van der Waals surface area contributed by atoms with Crippen molar-refractivity contribution in [2.24, 2.45) is 5.92 Å². The van der Waals surface area contributed by atoms with Gasteiger partial charge in [-0.25, -0.2) is 4.98 Å².